The second-order valence-corrected chi connectivity index (χ2v) is 7.81. The number of hydrogen-bond donors (Lipinski definition) is 1. The molecule has 0 unspecified atom stereocenters. The summed E-state index contributed by atoms with van der Waals surface area (Å²) in [7, 11) is 1.89. The summed E-state index contributed by atoms with van der Waals surface area (Å²) in [6, 6.07) is 7.87. The molecule has 2 aromatic rings. The Kier molecular flexibility index (Phi) is 5.46. The van der Waals surface area contributed by atoms with E-state index >= 15 is 0 Å². The average molecular weight is 365 g/mol. The zero-order chi connectivity index (χ0) is 17.1. The van der Waals surface area contributed by atoms with E-state index in [1.807, 2.05) is 42.8 Å². The first-order chi connectivity index (χ1) is 11.6. The van der Waals surface area contributed by atoms with Crippen LogP contribution in [0.2, 0.25) is 5.02 Å². The van der Waals surface area contributed by atoms with E-state index < -0.39 is 0 Å². The van der Waals surface area contributed by atoms with Gasteiger partial charge in [0.1, 0.15) is 0 Å². The lowest BCUT2D eigenvalue weighted by Gasteiger charge is -2.16. The summed E-state index contributed by atoms with van der Waals surface area (Å²) in [5, 5.41) is 12.7. The molecule has 0 saturated heterocycles. The highest BCUT2D eigenvalue weighted by atomic mass is 35.5. The molecule has 1 N–H and O–H groups in total. The van der Waals surface area contributed by atoms with Crippen molar-refractivity contribution in [2.24, 2.45) is 7.05 Å². The van der Waals surface area contributed by atoms with E-state index in [1.165, 1.54) is 24.6 Å². The Balaban J connectivity index is 1.69. The van der Waals surface area contributed by atoms with Crippen molar-refractivity contribution in [2.75, 3.05) is 0 Å². The largest absolute Gasteiger partial charge is 0.352 e. The van der Waals surface area contributed by atoms with Gasteiger partial charge < -0.3 is 9.88 Å². The highest BCUT2D eigenvalue weighted by Gasteiger charge is 2.23. The van der Waals surface area contributed by atoms with Crippen molar-refractivity contribution in [2.45, 2.75) is 49.1 Å². The lowest BCUT2D eigenvalue weighted by molar-refractivity contribution is -0.120. The minimum absolute atomic E-state index is 0.0641. The van der Waals surface area contributed by atoms with Crippen LogP contribution in [-0.2, 0) is 11.8 Å². The quantitative estimate of drug-likeness (QED) is 0.822. The fourth-order valence-electron chi connectivity index (χ4n) is 2.89. The third-order valence-corrected chi connectivity index (χ3v) is 5.77. The van der Waals surface area contributed by atoms with Crippen molar-refractivity contribution in [3.8, 4) is 11.4 Å². The Bertz CT molecular complexity index is 727. The van der Waals surface area contributed by atoms with E-state index in [2.05, 4.69) is 15.5 Å². The van der Waals surface area contributed by atoms with Crippen LogP contribution in [0.3, 0.4) is 0 Å². The maximum atomic E-state index is 12.3. The number of rotatable bonds is 5. The molecule has 1 aliphatic carbocycles. The van der Waals surface area contributed by atoms with Gasteiger partial charge in [-0.1, -0.05) is 48.3 Å². The number of carbonyl (C=O) groups excluding carboxylic acids is 1. The first-order valence-corrected chi connectivity index (χ1v) is 9.43. The summed E-state index contributed by atoms with van der Waals surface area (Å²) < 4.78 is 1.88. The molecular weight excluding hydrogens is 344 g/mol. The monoisotopic (exact) mass is 364 g/mol. The van der Waals surface area contributed by atoms with Crippen LogP contribution in [0, 0.1) is 0 Å². The number of benzene rings is 1. The zero-order valence-electron chi connectivity index (χ0n) is 13.8. The first-order valence-electron chi connectivity index (χ1n) is 8.17. The van der Waals surface area contributed by atoms with Crippen molar-refractivity contribution in [1.29, 1.82) is 0 Å². The van der Waals surface area contributed by atoms with Crippen molar-refractivity contribution in [3.63, 3.8) is 0 Å². The molecule has 1 aromatic carbocycles. The van der Waals surface area contributed by atoms with Crippen LogP contribution < -0.4 is 5.32 Å². The Hall–Kier alpha value is -1.53. The highest BCUT2D eigenvalue weighted by molar-refractivity contribution is 8.00. The lowest BCUT2D eigenvalue weighted by Crippen LogP contribution is -2.37. The van der Waals surface area contributed by atoms with Gasteiger partial charge in [-0.2, -0.15) is 0 Å². The zero-order valence-corrected chi connectivity index (χ0v) is 15.4. The molecular formula is C17H21ClN4OS. The first kappa shape index (κ1) is 17.3. The molecule has 24 heavy (non-hydrogen) atoms. The SMILES string of the molecule is C[C@@H](Sc1nnc(-c2ccccc2Cl)n1C)C(=O)NC1CCCC1. The number of carbonyl (C=O) groups is 1. The van der Waals surface area contributed by atoms with Crippen molar-refractivity contribution in [3.05, 3.63) is 29.3 Å². The fourth-order valence-corrected chi connectivity index (χ4v) is 3.94. The van der Waals surface area contributed by atoms with E-state index in [0.29, 0.717) is 22.0 Å². The van der Waals surface area contributed by atoms with Crippen LogP contribution in [0.15, 0.2) is 29.4 Å². The fraction of sp³-hybridized carbons (Fsp3) is 0.471. The van der Waals surface area contributed by atoms with Gasteiger partial charge >= 0.3 is 0 Å². The van der Waals surface area contributed by atoms with E-state index in [4.69, 9.17) is 11.6 Å². The van der Waals surface area contributed by atoms with Crippen LogP contribution in [0.25, 0.3) is 11.4 Å². The van der Waals surface area contributed by atoms with Gasteiger partial charge in [0.05, 0.1) is 10.3 Å². The van der Waals surface area contributed by atoms with Crippen LogP contribution in [0.4, 0.5) is 0 Å². The standard InChI is InChI=1S/C17H21ClN4OS/c1-11(16(23)19-12-7-3-4-8-12)24-17-21-20-15(22(17)2)13-9-5-6-10-14(13)18/h5-6,9-12H,3-4,7-8H2,1-2H3,(H,19,23)/t11-/m1/s1. The van der Waals surface area contributed by atoms with Crippen molar-refractivity contribution < 1.29 is 4.79 Å². The molecule has 0 spiro atoms. The highest BCUT2D eigenvalue weighted by Crippen LogP contribution is 2.29. The maximum absolute atomic E-state index is 12.3. The van der Waals surface area contributed by atoms with E-state index in [9.17, 15) is 4.79 Å². The minimum Gasteiger partial charge on any atom is -0.352 e. The Morgan fingerprint density at radius 1 is 1.33 bits per heavy atom. The molecule has 0 bridgehead atoms. The molecule has 128 valence electrons. The second kappa shape index (κ2) is 7.57. The van der Waals surface area contributed by atoms with Gasteiger partial charge in [0.25, 0.3) is 0 Å². The molecule has 1 amide bonds. The number of aromatic nitrogens is 3. The number of nitrogens with zero attached hydrogens (tertiary/aromatic N) is 3. The number of amides is 1. The molecule has 1 heterocycles. The van der Waals surface area contributed by atoms with Gasteiger partial charge in [-0.3, -0.25) is 4.79 Å². The number of nitrogens with one attached hydrogen (secondary N) is 1. The average Bonchev–Trinajstić information content (AvgIpc) is 3.19. The van der Waals surface area contributed by atoms with Gasteiger partial charge in [0.2, 0.25) is 5.91 Å². The minimum atomic E-state index is -0.215. The summed E-state index contributed by atoms with van der Waals surface area (Å²) in [5.41, 5.74) is 0.837. The van der Waals surface area contributed by atoms with Gasteiger partial charge in [0, 0.05) is 18.7 Å². The lowest BCUT2D eigenvalue weighted by atomic mass is 10.2. The topological polar surface area (TPSA) is 59.8 Å². The summed E-state index contributed by atoms with van der Waals surface area (Å²) in [6.07, 6.45) is 4.58. The van der Waals surface area contributed by atoms with Gasteiger partial charge in [-0.15, -0.1) is 10.2 Å². The van der Waals surface area contributed by atoms with Gasteiger partial charge in [-0.25, -0.2) is 0 Å². The van der Waals surface area contributed by atoms with Crippen molar-refractivity contribution >= 4 is 29.3 Å². The molecule has 7 heteroatoms. The molecule has 1 aliphatic rings. The number of hydrogen-bond acceptors (Lipinski definition) is 4. The summed E-state index contributed by atoms with van der Waals surface area (Å²) in [4.78, 5) is 12.3. The van der Waals surface area contributed by atoms with Crippen LogP contribution >= 0.6 is 23.4 Å². The van der Waals surface area contributed by atoms with Gasteiger partial charge in [-0.05, 0) is 31.9 Å². The van der Waals surface area contributed by atoms with Crippen LogP contribution in [-0.4, -0.2) is 32.0 Å². The van der Waals surface area contributed by atoms with Gasteiger partial charge in [0.15, 0.2) is 11.0 Å². The maximum Gasteiger partial charge on any atom is 0.233 e. The molecule has 0 aliphatic heterocycles. The number of halogens is 1. The Labute approximate surface area is 151 Å². The van der Waals surface area contributed by atoms with Crippen molar-refractivity contribution in [1.82, 2.24) is 20.1 Å². The smallest absolute Gasteiger partial charge is 0.233 e. The normalized spacial score (nSPS) is 16.3. The van der Waals surface area contributed by atoms with E-state index in [0.717, 1.165) is 18.4 Å². The molecule has 0 radical (unpaired) electrons. The van der Waals surface area contributed by atoms with Crippen LogP contribution in [0.5, 0.6) is 0 Å². The molecule has 1 fully saturated rings. The Morgan fingerprint density at radius 3 is 2.75 bits per heavy atom. The summed E-state index contributed by atoms with van der Waals surface area (Å²) >= 11 is 7.66. The molecule has 5 nitrogen and oxygen atoms in total. The summed E-state index contributed by atoms with van der Waals surface area (Å²) in [5.74, 6) is 0.765. The Morgan fingerprint density at radius 2 is 2.04 bits per heavy atom. The third kappa shape index (κ3) is 3.75. The number of thioether (sulfide) groups is 1. The molecule has 1 atom stereocenters. The van der Waals surface area contributed by atoms with E-state index in [1.54, 1.807) is 0 Å². The van der Waals surface area contributed by atoms with E-state index in [-0.39, 0.29) is 11.2 Å². The summed E-state index contributed by atoms with van der Waals surface area (Å²) in [6.45, 7) is 1.90. The molecule has 1 aromatic heterocycles. The predicted octanol–water partition coefficient (Wildman–Crippen LogP) is 3.67. The molecule has 1 saturated carbocycles. The predicted molar refractivity (Wildman–Crippen MR) is 97.2 cm³/mol. The third-order valence-electron chi connectivity index (χ3n) is 4.30. The molecule has 3 rings (SSSR count). The van der Waals surface area contributed by atoms with Crippen LogP contribution in [0.1, 0.15) is 32.6 Å². The second-order valence-electron chi connectivity index (χ2n) is 6.10.